The lowest BCUT2D eigenvalue weighted by molar-refractivity contribution is 1.27. The van der Waals surface area contributed by atoms with Crippen LogP contribution in [0.2, 0.25) is 0 Å². The molecule has 0 aliphatic heterocycles. The van der Waals surface area contributed by atoms with E-state index in [1.807, 2.05) is 17.4 Å². The van der Waals surface area contributed by atoms with Crippen molar-refractivity contribution in [2.24, 2.45) is 0 Å². The molecule has 0 saturated carbocycles. The van der Waals surface area contributed by atoms with E-state index in [4.69, 9.17) is 5.26 Å². The van der Waals surface area contributed by atoms with Gasteiger partial charge in [0.15, 0.2) is 0 Å². The predicted octanol–water partition coefficient (Wildman–Crippen LogP) is 3.58. The van der Waals surface area contributed by atoms with Crippen LogP contribution in [-0.2, 0) is 6.42 Å². The summed E-state index contributed by atoms with van der Waals surface area (Å²) in [7, 11) is 0. The molecule has 1 nitrogen and oxygen atoms in total. The SMILES string of the molecule is Cc1sc2cc(CC#N)ccc2c1C. The predicted molar refractivity (Wildman–Crippen MR) is 60.6 cm³/mol. The van der Waals surface area contributed by atoms with Crippen LogP contribution in [0.5, 0.6) is 0 Å². The lowest BCUT2D eigenvalue weighted by atomic mass is 10.1. The Morgan fingerprint density at radius 1 is 1.36 bits per heavy atom. The molecule has 0 unspecified atom stereocenters. The zero-order chi connectivity index (χ0) is 10.1. The maximum atomic E-state index is 8.60. The van der Waals surface area contributed by atoms with Crippen molar-refractivity contribution in [3.8, 4) is 6.07 Å². The number of thiophene rings is 1. The zero-order valence-corrected chi connectivity index (χ0v) is 9.11. The van der Waals surface area contributed by atoms with E-state index in [-0.39, 0.29) is 0 Å². The molecule has 2 aromatic rings. The molecule has 2 rings (SSSR count). The van der Waals surface area contributed by atoms with Gasteiger partial charge in [-0.25, -0.2) is 0 Å². The zero-order valence-electron chi connectivity index (χ0n) is 8.29. The molecular formula is C12H11NS. The molecule has 0 aliphatic rings. The lowest BCUT2D eigenvalue weighted by Crippen LogP contribution is -1.79. The second-order valence-corrected chi connectivity index (χ2v) is 4.70. The number of hydrogen-bond donors (Lipinski definition) is 0. The number of nitrogens with zero attached hydrogens (tertiary/aromatic N) is 1. The van der Waals surface area contributed by atoms with Gasteiger partial charge in [-0.3, -0.25) is 0 Å². The third-order valence-corrected chi connectivity index (χ3v) is 3.69. The Hall–Kier alpha value is -1.33. The van der Waals surface area contributed by atoms with Gasteiger partial charge < -0.3 is 0 Å². The van der Waals surface area contributed by atoms with Crippen LogP contribution in [0.25, 0.3) is 10.1 Å². The fourth-order valence-corrected chi connectivity index (χ4v) is 2.73. The molecule has 2 heteroatoms. The summed E-state index contributed by atoms with van der Waals surface area (Å²) in [6.07, 6.45) is 0.506. The van der Waals surface area contributed by atoms with E-state index in [0.717, 1.165) is 5.56 Å². The third kappa shape index (κ3) is 1.40. The molecule has 1 aromatic heterocycles. The summed E-state index contributed by atoms with van der Waals surface area (Å²) in [5.74, 6) is 0. The molecule has 14 heavy (non-hydrogen) atoms. The van der Waals surface area contributed by atoms with Crippen LogP contribution < -0.4 is 0 Å². The van der Waals surface area contributed by atoms with Gasteiger partial charge in [-0.05, 0) is 36.4 Å². The summed E-state index contributed by atoms with van der Waals surface area (Å²) in [5, 5.41) is 9.93. The molecule has 0 spiro atoms. The summed E-state index contributed by atoms with van der Waals surface area (Å²) < 4.78 is 1.30. The first-order chi connectivity index (χ1) is 6.72. The number of fused-ring (bicyclic) bond motifs is 1. The fraction of sp³-hybridized carbons (Fsp3) is 0.250. The molecule has 1 aromatic carbocycles. The molecule has 0 amide bonds. The molecule has 0 aliphatic carbocycles. The second-order valence-electron chi connectivity index (χ2n) is 3.45. The average Bonchev–Trinajstić information content (AvgIpc) is 2.43. The number of nitriles is 1. The Balaban J connectivity index is 2.63. The van der Waals surface area contributed by atoms with Crippen molar-refractivity contribution < 1.29 is 0 Å². The van der Waals surface area contributed by atoms with E-state index in [1.165, 1.54) is 20.5 Å². The Labute approximate surface area is 87.6 Å². The largest absolute Gasteiger partial charge is 0.198 e. The van der Waals surface area contributed by atoms with Crippen molar-refractivity contribution >= 4 is 21.4 Å². The Bertz CT molecular complexity index is 517. The highest BCUT2D eigenvalue weighted by atomic mass is 32.1. The molecule has 70 valence electrons. The van der Waals surface area contributed by atoms with Crippen LogP contribution in [0.1, 0.15) is 16.0 Å². The van der Waals surface area contributed by atoms with Crippen molar-refractivity contribution in [3.05, 3.63) is 34.2 Å². The molecule has 0 radical (unpaired) electrons. The number of rotatable bonds is 1. The highest BCUT2D eigenvalue weighted by Gasteiger charge is 2.04. The molecule has 0 bridgehead atoms. The number of benzene rings is 1. The minimum absolute atomic E-state index is 0.506. The van der Waals surface area contributed by atoms with Crippen LogP contribution in [0.3, 0.4) is 0 Å². The number of aryl methyl sites for hydroxylation is 2. The van der Waals surface area contributed by atoms with Gasteiger partial charge in [0, 0.05) is 9.58 Å². The summed E-state index contributed by atoms with van der Waals surface area (Å²) in [5.41, 5.74) is 2.48. The van der Waals surface area contributed by atoms with E-state index in [9.17, 15) is 0 Å². The maximum absolute atomic E-state index is 8.60. The quantitative estimate of drug-likeness (QED) is 0.691. The van der Waals surface area contributed by atoms with Crippen LogP contribution in [0, 0.1) is 25.2 Å². The van der Waals surface area contributed by atoms with E-state index in [2.05, 4.69) is 32.0 Å². The van der Waals surface area contributed by atoms with Crippen LogP contribution in [0.15, 0.2) is 18.2 Å². The van der Waals surface area contributed by atoms with E-state index in [1.54, 1.807) is 0 Å². The third-order valence-electron chi connectivity index (χ3n) is 2.52. The standard InChI is InChI=1S/C12H11NS/c1-8-9(2)14-12-7-10(5-6-13)3-4-11(8)12/h3-4,7H,5H2,1-2H3. The highest BCUT2D eigenvalue weighted by molar-refractivity contribution is 7.19. The van der Waals surface area contributed by atoms with Gasteiger partial charge in [-0.1, -0.05) is 12.1 Å². The van der Waals surface area contributed by atoms with Crippen molar-refractivity contribution in [2.75, 3.05) is 0 Å². The van der Waals surface area contributed by atoms with E-state index in [0.29, 0.717) is 6.42 Å². The minimum atomic E-state index is 0.506. The first kappa shape index (κ1) is 9.23. The Morgan fingerprint density at radius 3 is 2.86 bits per heavy atom. The molecule has 0 N–H and O–H groups in total. The Kier molecular flexibility index (Phi) is 2.26. The molecule has 0 fully saturated rings. The summed E-state index contributed by atoms with van der Waals surface area (Å²) in [6.45, 7) is 4.29. The van der Waals surface area contributed by atoms with Gasteiger partial charge in [-0.2, -0.15) is 5.26 Å². The Morgan fingerprint density at radius 2 is 2.14 bits per heavy atom. The second kappa shape index (κ2) is 3.43. The average molecular weight is 201 g/mol. The topological polar surface area (TPSA) is 23.8 Å². The lowest BCUT2D eigenvalue weighted by Gasteiger charge is -1.95. The van der Waals surface area contributed by atoms with Crippen molar-refractivity contribution in [1.29, 1.82) is 5.26 Å². The van der Waals surface area contributed by atoms with Crippen LogP contribution >= 0.6 is 11.3 Å². The molecule has 0 saturated heterocycles. The van der Waals surface area contributed by atoms with Crippen molar-refractivity contribution in [1.82, 2.24) is 0 Å². The summed E-state index contributed by atoms with van der Waals surface area (Å²) in [6, 6.07) is 8.48. The first-order valence-electron chi connectivity index (χ1n) is 4.58. The fourth-order valence-electron chi connectivity index (χ4n) is 1.59. The van der Waals surface area contributed by atoms with E-state index < -0.39 is 0 Å². The van der Waals surface area contributed by atoms with Gasteiger partial charge in [0.1, 0.15) is 0 Å². The van der Waals surface area contributed by atoms with Crippen LogP contribution in [-0.4, -0.2) is 0 Å². The van der Waals surface area contributed by atoms with Crippen molar-refractivity contribution in [3.63, 3.8) is 0 Å². The molecule has 0 atom stereocenters. The van der Waals surface area contributed by atoms with E-state index >= 15 is 0 Å². The van der Waals surface area contributed by atoms with Gasteiger partial charge >= 0.3 is 0 Å². The first-order valence-corrected chi connectivity index (χ1v) is 5.39. The normalized spacial score (nSPS) is 10.4. The minimum Gasteiger partial charge on any atom is -0.198 e. The highest BCUT2D eigenvalue weighted by Crippen LogP contribution is 2.30. The molecular weight excluding hydrogens is 190 g/mol. The van der Waals surface area contributed by atoms with Crippen LogP contribution in [0.4, 0.5) is 0 Å². The summed E-state index contributed by atoms with van der Waals surface area (Å²) in [4.78, 5) is 1.37. The number of hydrogen-bond acceptors (Lipinski definition) is 2. The molecule has 1 heterocycles. The monoisotopic (exact) mass is 201 g/mol. The van der Waals surface area contributed by atoms with Gasteiger partial charge in [0.05, 0.1) is 12.5 Å². The maximum Gasteiger partial charge on any atom is 0.0669 e. The smallest absolute Gasteiger partial charge is 0.0669 e. The summed E-state index contributed by atoms with van der Waals surface area (Å²) >= 11 is 1.81. The van der Waals surface area contributed by atoms with Gasteiger partial charge in [0.25, 0.3) is 0 Å². The van der Waals surface area contributed by atoms with Gasteiger partial charge in [-0.15, -0.1) is 11.3 Å². The van der Waals surface area contributed by atoms with Crippen molar-refractivity contribution in [2.45, 2.75) is 20.3 Å². The van der Waals surface area contributed by atoms with Gasteiger partial charge in [0.2, 0.25) is 0 Å².